The highest BCUT2D eigenvalue weighted by Crippen LogP contribution is 2.27. The summed E-state index contributed by atoms with van der Waals surface area (Å²) >= 11 is 16.7. The van der Waals surface area contributed by atoms with Crippen LogP contribution in [0.2, 0.25) is 10.0 Å². The Morgan fingerprint density at radius 2 is 1.72 bits per heavy atom. The van der Waals surface area contributed by atoms with Crippen LogP contribution in [0.5, 0.6) is 11.5 Å². The van der Waals surface area contributed by atoms with E-state index in [9.17, 15) is 9.59 Å². The van der Waals surface area contributed by atoms with Crippen LogP contribution >= 0.6 is 35.4 Å². The van der Waals surface area contributed by atoms with Gasteiger partial charge in [0.2, 0.25) is 5.91 Å². The van der Waals surface area contributed by atoms with Gasteiger partial charge in [0.25, 0.3) is 5.91 Å². The smallest absolute Gasteiger partial charge is 0.271 e. The summed E-state index contributed by atoms with van der Waals surface area (Å²) in [6, 6.07) is 9.64. The molecule has 7 nitrogen and oxygen atoms in total. The van der Waals surface area contributed by atoms with Crippen LogP contribution in [0.3, 0.4) is 0 Å². The Hall–Kier alpha value is -2.81. The van der Waals surface area contributed by atoms with E-state index in [2.05, 4.69) is 16.2 Å². The zero-order valence-corrected chi connectivity index (χ0v) is 17.7. The molecule has 29 heavy (non-hydrogen) atoms. The number of rotatable bonds is 5. The average molecular weight is 454 g/mol. The van der Waals surface area contributed by atoms with Gasteiger partial charge in [-0.2, -0.15) is 0 Å². The number of amides is 2. The molecule has 0 aliphatic heterocycles. The molecule has 0 aromatic heterocycles. The first-order valence-corrected chi connectivity index (χ1v) is 9.27. The van der Waals surface area contributed by atoms with Crippen molar-refractivity contribution in [3.8, 4) is 11.5 Å². The molecule has 0 saturated carbocycles. The number of thiocarbonyl (C=S) groups is 1. The molecule has 0 unspecified atom stereocenters. The average Bonchev–Trinajstić information content (AvgIpc) is 2.70. The maximum atomic E-state index is 12.1. The topological polar surface area (TPSA) is 88.7 Å². The third-order valence-electron chi connectivity index (χ3n) is 3.54. The lowest BCUT2D eigenvalue weighted by molar-refractivity contribution is -0.115. The van der Waals surface area contributed by atoms with Crippen LogP contribution in [0.25, 0.3) is 6.08 Å². The maximum absolute atomic E-state index is 12.1. The number of halogens is 2. The molecule has 0 radical (unpaired) electrons. The molecule has 2 aromatic rings. The van der Waals surface area contributed by atoms with E-state index in [0.29, 0.717) is 16.5 Å². The number of benzene rings is 2. The Morgan fingerprint density at radius 3 is 2.38 bits per heavy atom. The molecule has 0 atom stereocenters. The molecule has 0 saturated heterocycles. The highest BCUT2D eigenvalue weighted by Gasteiger charge is 2.11. The molecule has 2 amide bonds. The van der Waals surface area contributed by atoms with Crippen LogP contribution < -0.4 is 25.6 Å². The van der Waals surface area contributed by atoms with Crippen molar-refractivity contribution in [3.05, 3.63) is 63.6 Å². The second-order valence-electron chi connectivity index (χ2n) is 5.47. The molecule has 0 aliphatic carbocycles. The monoisotopic (exact) mass is 453 g/mol. The van der Waals surface area contributed by atoms with Gasteiger partial charge in [0.1, 0.15) is 0 Å². The van der Waals surface area contributed by atoms with E-state index in [4.69, 9.17) is 44.9 Å². The van der Waals surface area contributed by atoms with E-state index in [-0.39, 0.29) is 15.7 Å². The number of methoxy groups -OCH3 is 2. The predicted molar refractivity (Wildman–Crippen MR) is 116 cm³/mol. The van der Waals surface area contributed by atoms with Crippen molar-refractivity contribution in [2.75, 3.05) is 14.2 Å². The maximum Gasteiger partial charge on any atom is 0.271 e. The standard InChI is InChI=1S/C19H17Cl2N3O4S/c1-27-15-7-3-11(9-16(15)28-2)4-8-17(25)22-19(29)24-23-18(26)13-6-5-12(20)10-14(13)21/h3-10H,1-2H3,(H,23,26)(H2,22,24,25,29). The third kappa shape index (κ3) is 6.63. The van der Waals surface area contributed by atoms with Gasteiger partial charge in [-0.3, -0.25) is 25.8 Å². The summed E-state index contributed by atoms with van der Waals surface area (Å²) in [7, 11) is 3.06. The van der Waals surface area contributed by atoms with Crippen molar-refractivity contribution in [2.45, 2.75) is 0 Å². The van der Waals surface area contributed by atoms with Gasteiger partial charge in [0.15, 0.2) is 16.6 Å². The minimum Gasteiger partial charge on any atom is -0.493 e. The predicted octanol–water partition coefficient (Wildman–Crippen LogP) is 3.36. The number of hydrogen-bond acceptors (Lipinski definition) is 5. The molecule has 10 heteroatoms. The van der Waals surface area contributed by atoms with Gasteiger partial charge in [0.05, 0.1) is 24.8 Å². The second-order valence-corrected chi connectivity index (χ2v) is 6.72. The van der Waals surface area contributed by atoms with Crippen molar-refractivity contribution in [3.63, 3.8) is 0 Å². The van der Waals surface area contributed by atoms with Gasteiger partial charge in [0, 0.05) is 11.1 Å². The highest BCUT2D eigenvalue weighted by atomic mass is 35.5. The van der Waals surface area contributed by atoms with Crippen molar-refractivity contribution < 1.29 is 19.1 Å². The number of ether oxygens (including phenoxy) is 2. The Labute approximate surface area is 182 Å². The number of hydrazine groups is 1. The van der Waals surface area contributed by atoms with Gasteiger partial charge >= 0.3 is 0 Å². The zero-order valence-electron chi connectivity index (χ0n) is 15.4. The van der Waals surface area contributed by atoms with Crippen molar-refractivity contribution >= 4 is 58.4 Å². The van der Waals surface area contributed by atoms with Crippen LogP contribution in [0, 0.1) is 0 Å². The Balaban J connectivity index is 1.88. The van der Waals surface area contributed by atoms with Gasteiger partial charge < -0.3 is 9.47 Å². The Bertz CT molecular complexity index is 966. The minimum atomic E-state index is -0.538. The highest BCUT2D eigenvalue weighted by molar-refractivity contribution is 7.80. The van der Waals surface area contributed by atoms with Crippen LogP contribution in [-0.2, 0) is 4.79 Å². The normalized spacial score (nSPS) is 10.3. The second kappa shape index (κ2) is 10.7. The summed E-state index contributed by atoms with van der Waals surface area (Å²) in [4.78, 5) is 24.1. The molecule has 0 bridgehead atoms. The first kappa shape index (κ1) is 22.5. The summed E-state index contributed by atoms with van der Waals surface area (Å²) in [6.07, 6.45) is 2.86. The van der Waals surface area contributed by atoms with Crippen LogP contribution in [0.15, 0.2) is 42.5 Å². The molecule has 0 spiro atoms. The van der Waals surface area contributed by atoms with E-state index in [1.165, 1.54) is 38.5 Å². The number of hydrogen-bond donors (Lipinski definition) is 3. The molecule has 3 N–H and O–H groups in total. The van der Waals surface area contributed by atoms with Gasteiger partial charge in [-0.25, -0.2) is 0 Å². The van der Waals surface area contributed by atoms with E-state index in [1.807, 2.05) is 0 Å². The van der Waals surface area contributed by atoms with E-state index in [0.717, 1.165) is 5.56 Å². The van der Waals surface area contributed by atoms with Crippen molar-refractivity contribution in [1.29, 1.82) is 0 Å². The van der Waals surface area contributed by atoms with Gasteiger partial charge in [-0.1, -0.05) is 29.3 Å². The third-order valence-corrected chi connectivity index (χ3v) is 4.29. The largest absolute Gasteiger partial charge is 0.493 e. The molecule has 152 valence electrons. The van der Waals surface area contributed by atoms with Crippen molar-refractivity contribution in [1.82, 2.24) is 16.2 Å². The lowest BCUT2D eigenvalue weighted by Gasteiger charge is -2.10. The fourth-order valence-electron chi connectivity index (χ4n) is 2.17. The van der Waals surface area contributed by atoms with Gasteiger partial charge in [-0.15, -0.1) is 0 Å². The van der Waals surface area contributed by atoms with Crippen LogP contribution in [-0.4, -0.2) is 31.1 Å². The molecule has 2 rings (SSSR count). The zero-order chi connectivity index (χ0) is 21.4. The first-order chi connectivity index (χ1) is 13.8. The fourth-order valence-corrected chi connectivity index (χ4v) is 2.81. The summed E-state index contributed by atoms with van der Waals surface area (Å²) in [6.45, 7) is 0. The van der Waals surface area contributed by atoms with E-state index in [1.54, 1.807) is 24.3 Å². The first-order valence-electron chi connectivity index (χ1n) is 8.10. The molecule has 0 aliphatic rings. The van der Waals surface area contributed by atoms with Crippen molar-refractivity contribution in [2.24, 2.45) is 0 Å². The number of nitrogens with one attached hydrogen (secondary N) is 3. The Kier molecular flexibility index (Phi) is 8.26. The van der Waals surface area contributed by atoms with Gasteiger partial charge in [-0.05, 0) is 54.2 Å². The summed E-state index contributed by atoms with van der Waals surface area (Å²) in [5, 5.41) is 2.90. The summed E-state index contributed by atoms with van der Waals surface area (Å²) in [5.41, 5.74) is 5.69. The summed E-state index contributed by atoms with van der Waals surface area (Å²) < 4.78 is 10.4. The quantitative estimate of drug-likeness (QED) is 0.365. The lowest BCUT2D eigenvalue weighted by atomic mass is 10.2. The number of carbonyl (C=O) groups excluding carboxylic acids is 2. The number of carbonyl (C=O) groups is 2. The molecule has 0 heterocycles. The van der Waals surface area contributed by atoms with Crippen LogP contribution in [0.4, 0.5) is 0 Å². The van der Waals surface area contributed by atoms with E-state index >= 15 is 0 Å². The van der Waals surface area contributed by atoms with E-state index < -0.39 is 11.8 Å². The molecular weight excluding hydrogens is 437 g/mol. The summed E-state index contributed by atoms with van der Waals surface area (Å²) in [5.74, 6) is 0.0898. The SMILES string of the molecule is COc1ccc(C=CC(=O)NC(=S)NNC(=O)c2ccc(Cl)cc2Cl)cc1OC. The Morgan fingerprint density at radius 1 is 1.00 bits per heavy atom. The minimum absolute atomic E-state index is 0.0922. The molecule has 0 fully saturated rings. The van der Waals surface area contributed by atoms with Crippen LogP contribution in [0.1, 0.15) is 15.9 Å². The molecular formula is C19H17Cl2N3O4S. The fraction of sp³-hybridized carbons (Fsp3) is 0.105. The lowest BCUT2D eigenvalue weighted by Crippen LogP contribution is -2.48. The molecule has 2 aromatic carbocycles.